The minimum Gasteiger partial charge on any atom is -0.494 e. The number of methoxy groups -OCH3 is 1. The van der Waals surface area contributed by atoms with Gasteiger partial charge >= 0.3 is 0 Å². The maximum Gasteiger partial charge on any atom is 0.167 e. The molecule has 1 aromatic carbocycles. The van der Waals surface area contributed by atoms with E-state index < -0.39 is 0 Å². The third kappa shape index (κ3) is 3.03. The molecule has 0 bridgehead atoms. The summed E-state index contributed by atoms with van der Waals surface area (Å²) in [6, 6.07) is 3.09. The van der Waals surface area contributed by atoms with Gasteiger partial charge in [-0.15, -0.1) is 0 Å². The van der Waals surface area contributed by atoms with Crippen LogP contribution in [0.4, 0.5) is 0 Å². The van der Waals surface area contributed by atoms with Crippen LogP contribution in [0.25, 0.3) is 0 Å². The fourth-order valence-corrected chi connectivity index (χ4v) is 1.98. The van der Waals surface area contributed by atoms with Crippen LogP contribution in [0.1, 0.15) is 16.8 Å². The first-order valence-electron chi connectivity index (χ1n) is 4.27. The number of hydrogen-bond acceptors (Lipinski definition) is 3. The summed E-state index contributed by atoms with van der Waals surface area (Å²) in [6.45, 7) is 0. The Kier molecular flexibility index (Phi) is 4.77. The number of carbonyl (C=O) groups excluding carboxylic acids is 1. The van der Waals surface area contributed by atoms with Gasteiger partial charge in [0.2, 0.25) is 0 Å². The van der Waals surface area contributed by atoms with Crippen LogP contribution in [-0.2, 0) is 0 Å². The molecule has 15 heavy (non-hydrogen) atoms. The van der Waals surface area contributed by atoms with Gasteiger partial charge < -0.3 is 4.74 Å². The molecule has 0 saturated carbocycles. The summed E-state index contributed by atoms with van der Waals surface area (Å²) >= 11 is 15.7. The molecule has 0 fully saturated rings. The molecule has 5 heteroatoms. The van der Waals surface area contributed by atoms with Gasteiger partial charge in [-0.1, -0.05) is 23.2 Å². The topological polar surface area (TPSA) is 26.3 Å². The van der Waals surface area contributed by atoms with Crippen LogP contribution in [0, 0.1) is 0 Å². The van der Waals surface area contributed by atoms with E-state index in [0.29, 0.717) is 33.5 Å². The highest BCUT2D eigenvalue weighted by Gasteiger charge is 2.15. The van der Waals surface area contributed by atoms with E-state index in [1.807, 2.05) is 0 Å². The Labute approximate surface area is 104 Å². The van der Waals surface area contributed by atoms with E-state index >= 15 is 0 Å². The van der Waals surface area contributed by atoms with Crippen LogP contribution >= 0.6 is 35.8 Å². The number of halogens is 2. The van der Waals surface area contributed by atoms with Crippen LogP contribution in [0.3, 0.4) is 0 Å². The Balaban J connectivity index is 3.20. The van der Waals surface area contributed by atoms with Gasteiger partial charge in [-0.3, -0.25) is 4.79 Å². The molecule has 0 spiro atoms. The molecule has 82 valence electrons. The Morgan fingerprint density at radius 3 is 2.67 bits per heavy atom. The van der Waals surface area contributed by atoms with E-state index in [4.69, 9.17) is 27.9 Å². The van der Waals surface area contributed by atoms with Crippen LogP contribution in [0.15, 0.2) is 12.1 Å². The highest BCUT2D eigenvalue weighted by Crippen LogP contribution is 2.32. The summed E-state index contributed by atoms with van der Waals surface area (Å²) in [4.78, 5) is 11.7. The van der Waals surface area contributed by atoms with E-state index in [1.54, 1.807) is 12.1 Å². The number of ketones is 1. The zero-order valence-electron chi connectivity index (χ0n) is 8.09. The van der Waals surface area contributed by atoms with Crippen molar-refractivity contribution in [1.29, 1.82) is 0 Å². The van der Waals surface area contributed by atoms with Crippen LogP contribution in [0.2, 0.25) is 10.0 Å². The molecule has 0 heterocycles. The van der Waals surface area contributed by atoms with Crippen LogP contribution in [-0.4, -0.2) is 18.6 Å². The largest absolute Gasteiger partial charge is 0.494 e. The Bertz CT molecular complexity index is 380. The van der Waals surface area contributed by atoms with Crippen molar-refractivity contribution in [2.45, 2.75) is 6.42 Å². The molecule has 0 saturated heterocycles. The smallest absolute Gasteiger partial charge is 0.167 e. The standard InChI is InChI=1S/C10H10Cl2O2S/c1-14-10-7(9(13)2-3-15)4-6(11)5-8(10)12/h4-5,15H,2-3H2,1H3. The number of ether oxygens (including phenoxy) is 1. The van der Waals surface area contributed by atoms with Gasteiger partial charge in [0, 0.05) is 11.4 Å². The van der Waals surface area contributed by atoms with Gasteiger partial charge in [0.1, 0.15) is 5.75 Å². The first-order valence-corrected chi connectivity index (χ1v) is 5.66. The maximum atomic E-state index is 11.7. The van der Waals surface area contributed by atoms with Crippen molar-refractivity contribution in [1.82, 2.24) is 0 Å². The molecular formula is C10H10Cl2O2S. The second-order valence-electron chi connectivity index (χ2n) is 2.87. The number of hydrogen-bond donors (Lipinski definition) is 1. The average Bonchev–Trinajstić information content (AvgIpc) is 2.17. The third-order valence-electron chi connectivity index (χ3n) is 1.85. The zero-order chi connectivity index (χ0) is 11.4. The molecular weight excluding hydrogens is 255 g/mol. The molecule has 0 N–H and O–H groups in total. The minimum atomic E-state index is -0.0775. The SMILES string of the molecule is COc1c(Cl)cc(Cl)cc1C(=O)CCS. The van der Waals surface area contributed by atoms with Crippen molar-refractivity contribution in [3.63, 3.8) is 0 Å². The molecule has 1 aromatic rings. The maximum absolute atomic E-state index is 11.7. The van der Waals surface area contributed by atoms with Gasteiger partial charge in [0.05, 0.1) is 17.7 Å². The highest BCUT2D eigenvalue weighted by atomic mass is 35.5. The lowest BCUT2D eigenvalue weighted by Crippen LogP contribution is -2.03. The number of Topliss-reactive ketones (excluding diaryl/α,β-unsaturated/α-hetero) is 1. The predicted octanol–water partition coefficient (Wildman–Crippen LogP) is 3.50. The van der Waals surface area contributed by atoms with Crippen molar-refractivity contribution < 1.29 is 9.53 Å². The quantitative estimate of drug-likeness (QED) is 0.666. The number of carbonyl (C=O) groups is 1. The molecule has 0 radical (unpaired) electrons. The summed E-state index contributed by atoms with van der Waals surface area (Å²) in [5.41, 5.74) is 0.407. The third-order valence-corrected chi connectivity index (χ3v) is 2.57. The number of benzene rings is 1. The molecule has 0 aliphatic rings. The summed E-state index contributed by atoms with van der Waals surface area (Å²) in [5.74, 6) is 0.769. The molecule has 0 aliphatic carbocycles. The lowest BCUT2D eigenvalue weighted by atomic mass is 10.1. The lowest BCUT2D eigenvalue weighted by molar-refractivity contribution is 0.0986. The molecule has 0 aromatic heterocycles. The summed E-state index contributed by atoms with van der Waals surface area (Å²) in [6.07, 6.45) is 0.330. The second-order valence-corrected chi connectivity index (χ2v) is 4.16. The van der Waals surface area contributed by atoms with Crippen molar-refractivity contribution >= 4 is 41.6 Å². The van der Waals surface area contributed by atoms with Crippen LogP contribution < -0.4 is 4.74 Å². The first-order chi connectivity index (χ1) is 7.10. The van der Waals surface area contributed by atoms with Gasteiger partial charge in [-0.25, -0.2) is 0 Å². The molecule has 2 nitrogen and oxygen atoms in total. The summed E-state index contributed by atoms with van der Waals surface area (Å²) in [5, 5.41) is 0.760. The predicted molar refractivity (Wildman–Crippen MR) is 65.8 cm³/mol. The Hall–Kier alpha value is -0.380. The fraction of sp³-hybridized carbons (Fsp3) is 0.300. The molecule has 0 atom stereocenters. The van der Waals surface area contributed by atoms with E-state index in [-0.39, 0.29) is 5.78 Å². The van der Waals surface area contributed by atoms with Gasteiger partial charge in [0.25, 0.3) is 0 Å². The minimum absolute atomic E-state index is 0.0775. The van der Waals surface area contributed by atoms with Crippen molar-refractivity contribution in [3.8, 4) is 5.75 Å². The van der Waals surface area contributed by atoms with Gasteiger partial charge in [-0.2, -0.15) is 12.6 Å². The normalized spacial score (nSPS) is 10.1. The number of rotatable bonds is 4. The van der Waals surface area contributed by atoms with Gasteiger partial charge in [0.15, 0.2) is 5.78 Å². The van der Waals surface area contributed by atoms with Gasteiger partial charge in [-0.05, 0) is 17.9 Å². The Morgan fingerprint density at radius 2 is 2.13 bits per heavy atom. The van der Waals surface area contributed by atoms with E-state index in [2.05, 4.69) is 12.6 Å². The molecule has 0 unspecified atom stereocenters. The zero-order valence-corrected chi connectivity index (χ0v) is 10.5. The second kappa shape index (κ2) is 5.64. The fourth-order valence-electron chi connectivity index (χ4n) is 1.21. The molecule has 0 amide bonds. The number of thiol groups is 1. The summed E-state index contributed by atoms with van der Waals surface area (Å²) in [7, 11) is 1.46. The van der Waals surface area contributed by atoms with E-state index in [1.165, 1.54) is 7.11 Å². The van der Waals surface area contributed by atoms with Crippen LogP contribution in [0.5, 0.6) is 5.75 Å². The van der Waals surface area contributed by atoms with Crippen molar-refractivity contribution in [2.75, 3.05) is 12.9 Å². The lowest BCUT2D eigenvalue weighted by Gasteiger charge is -2.09. The summed E-state index contributed by atoms with van der Waals surface area (Å²) < 4.78 is 5.06. The average molecular weight is 265 g/mol. The van der Waals surface area contributed by atoms with Crippen molar-refractivity contribution in [2.24, 2.45) is 0 Å². The van der Waals surface area contributed by atoms with E-state index in [0.717, 1.165) is 0 Å². The highest BCUT2D eigenvalue weighted by molar-refractivity contribution is 7.80. The monoisotopic (exact) mass is 264 g/mol. The van der Waals surface area contributed by atoms with Crippen molar-refractivity contribution in [3.05, 3.63) is 27.7 Å². The molecule has 1 rings (SSSR count). The molecule has 0 aliphatic heterocycles. The van der Waals surface area contributed by atoms with E-state index in [9.17, 15) is 4.79 Å². The Morgan fingerprint density at radius 1 is 1.47 bits per heavy atom. The first kappa shape index (κ1) is 12.7.